The Kier molecular flexibility index (Phi) is 3.94. The summed E-state index contributed by atoms with van der Waals surface area (Å²) in [7, 11) is 2.98. The van der Waals surface area contributed by atoms with E-state index in [2.05, 4.69) is 0 Å². The summed E-state index contributed by atoms with van der Waals surface area (Å²) in [5.41, 5.74) is 0.701. The Hall–Kier alpha value is -1.97. The maximum atomic E-state index is 11.1. The molecule has 4 heteroatoms. The molecule has 0 saturated heterocycles. The molecule has 0 aliphatic heterocycles. The van der Waals surface area contributed by atoms with E-state index in [0.717, 1.165) is 0 Å². The fraction of sp³-hybridized carbons (Fsp3) is 0.250. The summed E-state index contributed by atoms with van der Waals surface area (Å²) in [6.45, 7) is 1.81. The second-order valence-corrected chi connectivity index (χ2v) is 3.10. The van der Waals surface area contributed by atoms with Crippen LogP contribution in [0.15, 0.2) is 18.2 Å². The third-order valence-corrected chi connectivity index (χ3v) is 2.13. The van der Waals surface area contributed by atoms with Crippen LogP contribution in [0, 0.1) is 0 Å². The number of carboxylic acid groups (broad SMARTS) is 1. The molecule has 16 heavy (non-hydrogen) atoms. The number of aromatic carboxylic acids is 1. The minimum absolute atomic E-state index is 0.161. The first kappa shape index (κ1) is 12.1. The molecule has 0 fully saturated rings. The molecule has 1 aromatic rings. The van der Waals surface area contributed by atoms with Crippen molar-refractivity contribution in [3.8, 4) is 11.5 Å². The van der Waals surface area contributed by atoms with Gasteiger partial charge in [0, 0.05) is 11.6 Å². The molecular formula is C12H14O4. The summed E-state index contributed by atoms with van der Waals surface area (Å²) in [4.78, 5) is 11.1. The average Bonchev–Trinajstić information content (AvgIpc) is 2.29. The van der Waals surface area contributed by atoms with Crippen LogP contribution in [0.1, 0.15) is 22.8 Å². The molecule has 0 atom stereocenters. The van der Waals surface area contributed by atoms with E-state index in [9.17, 15) is 4.79 Å². The van der Waals surface area contributed by atoms with Gasteiger partial charge in [-0.05, 0) is 13.0 Å². The van der Waals surface area contributed by atoms with Crippen LogP contribution < -0.4 is 9.47 Å². The molecule has 4 nitrogen and oxygen atoms in total. The predicted molar refractivity (Wildman–Crippen MR) is 61.2 cm³/mol. The largest absolute Gasteiger partial charge is 0.497 e. The van der Waals surface area contributed by atoms with Gasteiger partial charge in [0.25, 0.3) is 0 Å². The Morgan fingerprint density at radius 2 is 2.00 bits per heavy atom. The van der Waals surface area contributed by atoms with Gasteiger partial charge in [-0.3, -0.25) is 0 Å². The van der Waals surface area contributed by atoms with Crippen molar-refractivity contribution in [1.82, 2.24) is 0 Å². The van der Waals surface area contributed by atoms with Crippen LogP contribution in [-0.2, 0) is 0 Å². The lowest BCUT2D eigenvalue weighted by atomic mass is 10.1. The molecule has 0 unspecified atom stereocenters. The smallest absolute Gasteiger partial charge is 0.336 e. The van der Waals surface area contributed by atoms with Gasteiger partial charge in [-0.25, -0.2) is 4.79 Å². The molecule has 0 heterocycles. The van der Waals surface area contributed by atoms with Crippen molar-refractivity contribution >= 4 is 12.0 Å². The summed E-state index contributed by atoms with van der Waals surface area (Å²) < 4.78 is 10.1. The highest BCUT2D eigenvalue weighted by molar-refractivity contribution is 5.94. The van der Waals surface area contributed by atoms with Gasteiger partial charge in [0.15, 0.2) is 0 Å². The Labute approximate surface area is 94.1 Å². The van der Waals surface area contributed by atoms with Crippen LogP contribution in [0.3, 0.4) is 0 Å². The van der Waals surface area contributed by atoms with E-state index in [4.69, 9.17) is 14.6 Å². The number of allylic oxidation sites excluding steroid dienone is 1. The van der Waals surface area contributed by atoms with Gasteiger partial charge in [-0.2, -0.15) is 0 Å². The highest BCUT2D eigenvalue weighted by Gasteiger charge is 2.15. The molecule has 0 spiro atoms. The van der Waals surface area contributed by atoms with Crippen molar-refractivity contribution in [1.29, 1.82) is 0 Å². The summed E-state index contributed by atoms with van der Waals surface area (Å²) in [5.74, 6) is -0.0670. The zero-order chi connectivity index (χ0) is 12.1. The molecule has 0 amide bonds. The molecule has 86 valence electrons. The van der Waals surface area contributed by atoms with Gasteiger partial charge in [0.05, 0.1) is 19.8 Å². The standard InChI is InChI=1S/C12H14O4/c1-4-5-9-10(12(13)14)6-8(15-2)7-11(9)16-3/h4-7H,1-3H3,(H,13,14). The SMILES string of the molecule is CC=Cc1c(OC)cc(OC)cc1C(=O)O. The normalized spacial score (nSPS) is 10.4. The Balaban J connectivity index is 3.46. The molecule has 0 aliphatic rings. The van der Waals surface area contributed by atoms with E-state index >= 15 is 0 Å². The second-order valence-electron chi connectivity index (χ2n) is 3.10. The van der Waals surface area contributed by atoms with Gasteiger partial charge in [0.2, 0.25) is 0 Å². The molecule has 0 saturated carbocycles. The number of hydrogen-bond donors (Lipinski definition) is 1. The molecule has 1 rings (SSSR count). The van der Waals surface area contributed by atoms with Crippen LogP contribution in [0.25, 0.3) is 6.08 Å². The van der Waals surface area contributed by atoms with Crippen molar-refractivity contribution in [2.45, 2.75) is 6.92 Å². The first-order valence-corrected chi connectivity index (χ1v) is 4.76. The van der Waals surface area contributed by atoms with Gasteiger partial charge in [-0.15, -0.1) is 0 Å². The molecule has 0 bridgehead atoms. The van der Waals surface area contributed by atoms with E-state index < -0.39 is 5.97 Å². The van der Waals surface area contributed by atoms with Crippen LogP contribution in [-0.4, -0.2) is 25.3 Å². The molecular weight excluding hydrogens is 208 g/mol. The van der Waals surface area contributed by atoms with Crippen molar-refractivity contribution in [2.75, 3.05) is 14.2 Å². The highest BCUT2D eigenvalue weighted by Crippen LogP contribution is 2.29. The number of benzene rings is 1. The summed E-state index contributed by atoms with van der Waals surface area (Å²) in [6.07, 6.45) is 3.46. The summed E-state index contributed by atoms with van der Waals surface area (Å²) in [6, 6.07) is 3.13. The number of methoxy groups -OCH3 is 2. The lowest BCUT2D eigenvalue weighted by molar-refractivity contribution is 0.0696. The number of carbonyl (C=O) groups is 1. The van der Waals surface area contributed by atoms with Crippen molar-refractivity contribution < 1.29 is 19.4 Å². The topological polar surface area (TPSA) is 55.8 Å². The van der Waals surface area contributed by atoms with E-state index in [-0.39, 0.29) is 5.56 Å². The van der Waals surface area contributed by atoms with Gasteiger partial charge < -0.3 is 14.6 Å². The highest BCUT2D eigenvalue weighted by atomic mass is 16.5. The van der Waals surface area contributed by atoms with E-state index in [0.29, 0.717) is 17.1 Å². The first-order valence-electron chi connectivity index (χ1n) is 4.76. The third-order valence-electron chi connectivity index (χ3n) is 2.13. The van der Waals surface area contributed by atoms with Crippen LogP contribution in [0.5, 0.6) is 11.5 Å². The van der Waals surface area contributed by atoms with Crippen LogP contribution in [0.4, 0.5) is 0 Å². The van der Waals surface area contributed by atoms with Crippen LogP contribution in [0.2, 0.25) is 0 Å². The molecule has 0 radical (unpaired) electrons. The minimum atomic E-state index is -1.01. The fourth-order valence-electron chi connectivity index (χ4n) is 1.40. The Morgan fingerprint density at radius 3 is 2.44 bits per heavy atom. The fourth-order valence-corrected chi connectivity index (χ4v) is 1.40. The zero-order valence-corrected chi connectivity index (χ0v) is 9.48. The average molecular weight is 222 g/mol. The predicted octanol–water partition coefficient (Wildman–Crippen LogP) is 2.44. The Morgan fingerprint density at radius 1 is 1.31 bits per heavy atom. The number of hydrogen-bond acceptors (Lipinski definition) is 3. The monoisotopic (exact) mass is 222 g/mol. The van der Waals surface area contributed by atoms with Gasteiger partial charge >= 0.3 is 5.97 Å². The molecule has 0 aromatic heterocycles. The number of carboxylic acids is 1. The van der Waals surface area contributed by atoms with Crippen LogP contribution >= 0.6 is 0 Å². The van der Waals surface area contributed by atoms with Crippen molar-refractivity contribution in [3.63, 3.8) is 0 Å². The van der Waals surface area contributed by atoms with E-state index in [1.165, 1.54) is 20.3 Å². The minimum Gasteiger partial charge on any atom is -0.497 e. The maximum Gasteiger partial charge on any atom is 0.336 e. The Bertz CT molecular complexity index is 421. The zero-order valence-electron chi connectivity index (χ0n) is 9.48. The van der Waals surface area contributed by atoms with Crippen molar-refractivity contribution in [3.05, 3.63) is 29.3 Å². The second kappa shape index (κ2) is 5.21. The number of ether oxygens (including phenoxy) is 2. The molecule has 1 N–H and O–H groups in total. The van der Waals surface area contributed by atoms with Crippen molar-refractivity contribution in [2.24, 2.45) is 0 Å². The third kappa shape index (κ3) is 2.34. The summed E-state index contributed by atoms with van der Waals surface area (Å²) in [5, 5.41) is 9.09. The lowest BCUT2D eigenvalue weighted by Gasteiger charge is -2.10. The van der Waals surface area contributed by atoms with Gasteiger partial charge in [-0.1, -0.05) is 12.2 Å². The first-order chi connectivity index (χ1) is 7.63. The number of rotatable bonds is 4. The van der Waals surface area contributed by atoms with E-state index in [1.807, 2.05) is 6.92 Å². The summed E-state index contributed by atoms with van der Waals surface area (Å²) >= 11 is 0. The van der Waals surface area contributed by atoms with Gasteiger partial charge in [0.1, 0.15) is 11.5 Å². The lowest BCUT2D eigenvalue weighted by Crippen LogP contribution is -2.02. The molecule has 1 aromatic carbocycles. The van der Waals surface area contributed by atoms with E-state index in [1.54, 1.807) is 18.2 Å². The quantitative estimate of drug-likeness (QED) is 0.850. The molecule has 0 aliphatic carbocycles. The maximum absolute atomic E-state index is 11.1.